The monoisotopic (exact) mass is 356 g/mol. The first-order chi connectivity index (χ1) is 13.2. The molecule has 134 valence electrons. The first-order valence-electron chi connectivity index (χ1n) is 8.75. The van der Waals surface area contributed by atoms with Crippen molar-refractivity contribution in [2.75, 3.05) is 11.9 Å². The van der Waals surface area contributed by atoms with Gasteiger partial charge >= 0.3 is 0 Å². The average Bonchev–Trinajstić information content (AvgIpc) is 2.73. The first-order valence-corrected chi connectivity index (χ1v) is 8.75. The van der Waals surface area contributed by atoms with Crippen LogP contribution in [0.25, 0.3) is 0 Å². The van der Waals surface area contributed by atoms with Crippen molar-refractivity contribution < 1.29 is 4.79 Å². The highest BCUT2D eigenvalue weighted by molar-refractivity contribution is 5.95. The van der Waals surface area contributed by atoms with Crippen molar-refractivity contribution in [3.63, 3.8) is 0 Å². The van der Waals surface area contributed by atoms with E-state index in [1.165, 1.54) is 0 Å². The standard InChI is InChI=1S/C22H20N4O/c1-2-26(16-17-8-4-3-5-9-17)22(27)19-12-20(15-24-14-19)25-21-11-7-6-10-18(21)13-23/h3-12,14-15,25H,2,16H2,1H3. The zero-order valence-corrected chi connectivity index (χ0v) is 15.1. The van der Waals surface area contributed by atoms with E-state index in [0.29, 0.717) is 35.6 Å². The van der Waals surface area contributed by atoms with Gasteiger partial charge in [0.05, 0.1) is 28.7 Å². The predicted molar refractivity (Wildman–Crippen MR) is 106 cm³/mol. The molecule has 2 aromatic carbocycles. The van der Waals surface area contributed by atoms with Gasteiger partial charge in [-0.1, -0.05) is 42.5 Å². The molecule has 27 heavy (non-hydrogen) atoms. The second kappa shape index (κ2) is 8.63. The normalized spacial score (nSPS) is 10.1. The molecule has 0 aliphatic rings. The number of pyridine rings is 1. The third-order valence-corrected chi connectivity index (χ3v) is 4.20. The van der Waals surface area contributed by atoms with Crippen LogP contribution in [0.1, 0.15) is 28.4 Å². The molecular weight excluding hydrogens is 336 g/mol. The van der Waals surface area contributed by atoms with Crippen LogP contribution >= 0.6 is 0 Å². The number of para-hydroxylation sites is 1. The van der Waals surface area contributed by atoms with Gasteiger partial charge in [-0.25, -0.2) is 0 Å². The van der Waals surface area contributed by atoms with Gasteiger partial charge in [-0.05, 0) is 30.7 Å². The number of aromatic nitrogens is 1. The largest absolute Gasteiger partial charge is 0.353 e. The van der Waals surface area contributed by atoms with Crippen LogP contribution in [0.2, 0.25) is 0 Å². The Kier molecular flexibility index (Phi) is 5.80. The maximum absolute atomic E-state index is 12.9. The Hall–Kier alpha value is -3.65. The van der Waals surface area contributed by atoms with E-state index in [9.17, 15) is 10.1 Å². The van der Waals surface area contributed by atoms with Crippen molar-refractivity contribution >= 4 is 17.3 Å². The second-order valence-corrected chi connectivity index (χ2v) is 6.05. The minimum absolute atomic E-state index is 0.0777. The molecule has 1 N–H and O–H groups in total. The molecule has 1 heterocycles. The van der Waals surface area contributed by atoms with Gasteiger partial charge in [0.1, 0.15) is 6.07 Å². The zero-order valence-electron chi connectivity index (χ0n) is 15.1. The number of hydrogen-bond acceptors (Lipinski definition) is 4. The Morgan fingerprint density at radius 3 is 2.59 bits per heavy atom. The number of nitrogens with one attached hydrogen (secondary N) is 1. The molecule has 0 aliphatic heterocycles. The van der Waals surface area contributed by atoms with E-state index >= 15 is 0 Å². The van der Waals surface area contributed by atoms with Gasteiger partial charge < -0.3 is 10.2 Å². The molecule has 0 spiro atoms. The van der Waals surface area contributed by atoms with Crippen molar-refractivity contribution in [2.45, 2.75) is 13.5 Å². The maximum Gasteiger partial charge on any atom is 0.255 e. The molecule has 0 atom stereocenters. The number of carbonyl (C=O) groups is 1. The SMILES string of the molecule is CCN(Cc1ccccc1)C(=O)c1cncc(Nc2ccccc2C#N)c1. The number of carbonyl (C=O) groups excluding carboxylic acids is 1. The minimum Gasteiger partial charge on any atom is -0.353 e. The second-order valence-electron chi connectivity index (χ2n) is 6.05. The Labute approximate surface area is 158 Å². The molecule has 0 radical (unpaired) electrons. The number of rotatable bonds is 6. The van der Waals surface area contributed by atoms with Gasteiger partial charge in [-0.15, -0.1) is 0 Å². The number of hydrogen-bond donors (Lipinski definition) is 1. The molecule has 0 saturated heterocycles. The highest BCUT2D eigenvalue weighted by Crippen LogP contribution is 2.21. The van der Waals surface area contributed by atoms with E-state index in [1.54, 1.807) is 29.4 Å². The fourth-order valence-corrected chi connectivity index (χ4v) is 2.78. The summed E-state index contributed by atoms with van der Waals surface area (Å²) in [5.41, 5.74) is 3.47. The molecule has 5 nitrogen and oxygen atoms in total. The average molecular weight is 356 g/mol. The lowest BCUT2D eigenvalue weighted by Crippen LogP contribution is -2.30. The van der Waals surface area contributed by atoms with Crippen molar-refractivity contribution in [1.29, 1.82) is 5.26 Å². The van der Waals surface area contributed by atoms with Gasteiger partial charge in [0.2, 0.25) is 0 Å². The summed E-state index contributed by atoms with van der Waals surface area (Å²) in [6.45, 7) is 3.10. The van der Waals surface area contributed by atoms with Crippen LogP contribution in [-0.4, -0.2) is 22.3 Å². The van der Waals surface area contributed by atoms with Gasteiger partial charge in [0, 0.05) is 19.3 Å². The molecule has 5 heteroatoms. The van der Waals surface area contributed by atoms with E-state index < -0.39 is 0 Å². The van der Waals surface area contributed by atoms with E-state index in [-0.39, 0.29) is 5.91 Å². The summed E-state index contributed by atoms with van der Waals surface area (Å²) in [5.74, 6) is -0.0777. The fraction of sp³-hybridized carbons (Fsp3) is 0.136. The summed E-state index contributed by atoms with van der Waals surface area (Å²) in [6.07, 6.45) is 3.20. The third-order valence-electron chi connectivity index (χ3n) is 4.20. The Bertz CT molecular complexity index is 963. The van der Waals surface area contributed by atoms with Gasteiger partial charge in [0.25, 0.3) is 5.91 Å². The number of benzene rings is 2. The van der Waals surface area contributed by atoms with Crippen molar-refractivity contribution in [1.82, 2.24) is 9.88 Å². The van der Waals surface area contributed by atoms with Gasteiger partial charge in [-0.3, -0.25) is 9.78 Å². The molecule has 1 aromatic heterocycles. The van der Waals surface area contributed by atoms with Crippen molar-refractivity contribution in [3.05, 3.63) is 89.7 Å². The highest BCUT2D eigenvalue weighted by atomic mass is 16.2. The van der Waals surface area contributed by atoms with Crippen LogP contribution in [0.4, 0.5) is 11.4 Å². The lowest BCUT2D eigenvalue weighted by atomic mass is 10.1. The number of nitrogens with zero attached hydrogens (tertiary/aromatic N) is 3. The maximum atomic E-state index is 12.9. The van der Waals surface area contributed by atoms with E-state index in [0.717, 1.165) is 5.56 Å². The third kappa shape index (κ3) is 4.50. The molecular formula is C22H20N4O. The fourth-order valence-electron chi connectivity index (χ4n) is 2.78. The summed E-state index contributed by atoms with van der Waals surface area (Å²) in [6, 6.07) is 21.0. The minimum atomic E-state index is -0.0777. The highest BCUT2D eigenvalue weighted by Gasteiger charge is 2.15. The Balaban J connectivity index is 1.79. The van der Waals surface area contributed by atoms with E-state index in [2.05, 4.69) is 16.4 Å². The zero-order chi connectivity index (χ0) is 19.1. The summed E-state index contributed by atoms with van der Waals surface area (Å²) < 4.78 is 0. The summed E-state index contributed by atoms with van der Waals surface area (Å²) in [5, 5.41) is 12.4. The number of anilines is 2. The van der Waals surface area contributed by atoms with Crippen LogP contribution in [0.3, 0.4) is 0 Å². The quantitative estimate of drug-likeness (QED) is 0.712. The lowest BCUT2D eigenvalue weighted by Gasteiger charge is -2.21. The van der Waals surface area contributed by atoms with Crippen molar-refractivity contribution in [3.8, 4) is 6.07 Å². The smallest absolute Gasteiger partial charge is 0.255 e. The van der Waals surface area contributed by atoms with Crippen LogP contribution in [-0.2, 0) is 6.54 Å². The number of amides is 1. The molecule has 0 fully saturated rings. The summed E-state index contributed by atoms with van der Waals surface area (Å²) >= 11 is 0. The Morgan fingerprint density at radius 1 is 1.11 bits per heavy atom. The molecule has 1 amide bonds. The summed E-state index contributed by atoms with van der Waals surface area (Å²) in [4.78, 5) is 18.9. The van der Waals surface area contributed by atoms with Crippen molar-refractivity contribution in [2.24, 2.45) is 0 Å². The topological polar surface area (TPSA) is 69.0 Å². The first kappa shape index (κ1) is 18.2. The van der Waals surface area contributed by atoms with Gasteiger partial charge in [0.15, 0.2) is 0 Å². The van der Waals surface area contributed by atoms with Crippen LogP contribution < -0.4 is 5.32 Å². The van der Waals surface area contributed by atoms with E-state index in [4.69, 9.17) is 0 Å². The molecule has 0 unspecified atom stereocenters. The van der Waals surface area contributed by atoms with E-state index in [1.807, 2.05) is 55.5 Å². The summed E-state index contributed by atoms with van der Waals surface area (Å²) in [7, 11) is 0. The lowest BCUT2D eigenvalue weighted by molar-refractivity contribution is 0.0752. The molecule has 3 aromatic rings. The van der Waals surface area contributed by atoms with Crippen LogP contribution in [0.15, 0.2) is 73.1 Å². The molecule has 0 aliphatic carbocycles. The number of nitriles is 1. The predicted octanol–water partition coefficient (Wildman–Crippen LogP) is 4.36. The molecule has 0 bridgehead atoms. The van der Waals surface area contributed by atoms with Gasteiger partial charge in [-0.2, -0.15) is 5.26 Å². The Morgan fingerprint density at radius 2 is 1.85 bits per heavy atom. The van der Waals surface area contributed by atoms with Crippen LogP contribution in [0, 0.1) is 11.3 Å². The molecule has 0 saturated carbocycles. The molecule has 3 rings (SSSR count). The van der Waals surface area contributed by atoms with Crippen LogP contribution in [0.5, 0.6) is 0 Å².